The van der Waals surface area contributed by atoms with Gasteiger partial charge in [-0.2, -0.15) is 0 Å². The molecule has 0 aliphatic heterocycles. The van der Waals surface area contributed by atoms with Gasteiger partial charge in [-0.05, 0) is 199 Å². The smallest absolute Gasteiger partial charge is 0.507 e. The number of anilines is 6. The zero-order valence-electron chi connectivity index (χ0n) is 81.9. The number of carbonyl (C=O) groups is 1. The topological polar surface area (TPSA) is 200 Å². The van der Waals surface area contributed by atoms with Crippen molar-refractivity contribution in [2.75, 3.05) is 9.80 Å². The molecule has 0 spiro atoms. The van der Waals surface area contributed by atoms with Crippen LogP contribution in [0.15, 0.2) is 462 Å². The molecule has 22 heteroatoms. The zero-order chi connectivity index (χ0) is 100. The fraction of sp³-hybridized carbons (Fsp3) is 0.0625. The summed E-state index contributed by atoms with van der Waals surface area (Å²) in [5.74, 6) is -0.352. The second-order valence-corrected chi connectivity index (χ2v) is 35.4. The maximum absolute atomic E-state index is 13.2. The van der Waals surface area contributed by atoms with Crippen molar-refractivity contribution in [1.29, 1.82) is 0 Å². The van der Waals surface area contributed by atoms with Gasteiger partial charge in [-0.1, -0.05) is 253 Å². The molecular weight excluding hydrogens is 2760 g/mol. The van der Waals surface area contributed by atoms with Gasteiger partial charge in [0.05, 0.1) is 22.4 Å². The molecule has 0 saturated carbocycles. The van der Waals surface area contributed by atoms with Crippen LogP contribution in [0.25, 0.3) is 134 Å². The van der Waals surface area contributed by atoms with E-state index in [1.807, 2.05) is 267 Å². The first kappa shape index (κ1) is 113. The number of aromatic nitrogens is 9. The molecule has 0 aliphatic rings. The molecule has 0 bridgehead atoms. The largest absolute Gasteiger partial charge is 2.00 e. The van der Waals surface area contributed by atoms with E-state index in [2.05, 4.69) is 216 Å². The van der Waals surface area contributed by atoms with Crippen molar-refractivity contribution in [3.63, 3.8) is 0 Å². The van der Waals surface area contributed by atoms with E-state index in [0.29, 0.717) is 28.2 Å². The molecule has 0 unspecified atom stereocenters. The first-order valence-corrected chi connectivity index (χ1v) is 47.0. The van der Waals surface area contributed by atoms with Gasteiger partial charge < -0.3 is 40.2 Å². The van der Waals surface area contributed by atoms with Crippen molar-refractivity contribution in [3.8, 4) is 124 Å². The van der Waals surface area contributed by atoms with Crippen molar-refractivity contribution in [1.82, 2.24) is 44.9 Å². The van der Waals surface area contributed by atoms with Crippen molar-refractivity contribution in [2.24, 2.45) is 0 Å². The first-order valence-electron chi connectivity index (χ1n) is 47.0. The number of halogens is 2. The van der Waals surface area contributed by atoms with E-state index in [-0.39, 0.29) is 137 Å². The molecule has 0 atom stereocenters. The minimum atomic E-state index is -0.990. The minimum Gasteiger partial charge on any atom is -0.507 e. The summed E-state index contributed by atoms with van der Waals surface area (Å²) in [4.78, 5) is 55.5. The van der Waals surface area contributed by atoms with E-state index in [4.69, 9.17) is 25.0 Å². The minimum absolute atomic E-state index is 0. The van der Waals surface area contributed by atoms with E-state index < -0.39 is 17.6 Å². The number of phenolic OH excluding ortho intramolecular Hbond substituents is 2. The molecule has 9 aromatic heterocycles. The Morgan fingerprint density at radius 2 is 0.673 bits per heavy atom. The second kappa shape index (κ2) is 54.5. The van der Waals surface area contributed by atoms with Crippen LogP contribution in [0.2, 0.25) is 0 Å². The molecule has 13 aromatic carbocycles. The van der Waals surface area contributed by atoms with Crippen LogP contribution in [0.4, 0.5) is 43.2 Å². The molecule has 0 fully saturated rings. The molecule has 22 rings (SSSR count). The molecule has 3 N–H and O–H groups in total. The molecule has 15 nitrogen and oxygen atoms in total. The van der Waals surface area contributed by atoms with Crippen LogP contribution < -0.4 is 9.80 Å². The number of benzene rings is 13. The summed E-state index contributed by atoms with van der Waals surface area (Å²) in [6, 6.07) is 157. The van der Waals surface area contributed by atoms with Crippen LogP contribution >= 0.6 is 0 Å². The van der Waals surface area contributed by atoms with E-state index in [1.54, 1.807) is 67.0 Å². The maximum atomic E-state index is 13.2. The van der Waals surface area contributed by atoms with Crippen molar-refractivity contribution < 1.29 is 132 Å². The van der Waals surface area contributed by atoms with Crippen LogP contribution in [0, 0.1) is 48.0 Å². The number of hydrogen-bond acceptors (Lipinski definition) is 14. The summed E-state index contributed by atoms with van der Waals surface area (Å²) in [7, 11) is 0. The number of aromatic carboxylic acids is 1. The molecule has 2 radical (unpaired) electrons. The number of pyridine rings is 9. The van der Waals surface area contributed by atoms with E-state index in [0.717, 1.165) is 147 Å². The molecular formula is C128H97F2Ir2N11O4Pt3-2. The van der Waals surface area contributed by atoms with Gasteiger partial charge in [0.1, 0.15) is 28.8 Å². The Morgan fingerprint density at radius 3 is 1.05 bits per heavy atom. The van der Waals surface area contributed by atoms with E-state index in [9.17, 15) is 23.8 Å². The second-order valence-electron chi connectivity index (χ2n) is 35.4. The van der Waals surface area contributed by atoms with Crippen molar-refractivity contribution >= 4 is 62.2 Å². The third-order valence-corrected chi connectivity index (χ3v) is 23.3. The Kier molecular flexibility index (Phi) is 41.2. The number of nitrogens with zero attached hydrogens (tertiary/aromatic N) is 11. The molecule has 0 amide bonds. The number of phenols is 2. The van der Waals surface area contributed by atoms with Crippen molar-refractivity contribution in [3.05, 3.63) is 527 Å². The van der Waals surface area contributed by atoms with Gasteiger partial charge in [0.25, 0.3) is 0 Å². The number of aromatic hydroxyl groups is 2. The number of para-hydroxylation sites is 3. The quantitative estimate of drug-likeness (QED) is 0.0574. The Hall–Kier alpha value is -15.4. The Balaban J connectivity index is 0.000000169. The first-order chi connectivity index (χ1) is 70.7. The number of fused-ring (bicyclic) bond motifs is 3. The summed E-state index contributed by atoms with van der Waals surface area (Å²) < 4.78 is 25.8. The predicted octanol–water partition coefficient (Wildman–Crippen LogP) is 31.4. The van der Waals surface area contributed by atoms with Gasteiger partial charge in [-0.3, -0.25) is 23.6 Å². The number of carboxylic acids is 1. The van der Waals surface area contributed by atoms with Gasteiger partial charge in [0.2, 0.25) is 0 Å². The summed E-state index contributed by atoms with van der Waals surface area (Å²) in [6.45, 7) is 13.6. The fourth-order valence-electron chi connectivity index (χ4n) is 16.1. The maximum Gasteiger partial charge on any atom is 2.00 e. The average molecular weight is 2860 g/mol. The predicted molar refractivity (Wildman–Crippen MR) is 578 cm³/mol. The third-order valence-electron chi connectivity index (χ3n) is 23.3. The number of rotatable bonds is 17. The Bertz CT molecular complexity index is 7730. The average Bonchev–Trinajstić information content (AvgIpc) is 0.795. The van der Waals surface area contributed by atoms with Gasteiger partial charge in [-0.25, -0.2) is 19.7 Å². The third kappa shape index (κ3) is 29.2. The normalized spacial score (nSPS) is 10.5. The van der Waals surface area contributed by atoms with Gasteiger partial charge in [-0.15, -0.1) is 179 Å². The molecule has 9 heterocycles. The summed E-state index contributed by atoms with van der Waals surface area (Å²) in [6.07, 6.45) is 8.42. The summed E-state index contributed by atoms with van der Waals surface area (Å²) in [5.41, 5.74) is 24.7. The zero-order valence-corrected chi connectivity index (χ0v) is 93.5. The van der Waals surface area contributed by atoms with Crippen LogP contribution in [0.5, 0.6) is 11.5 Å². The van der Waals surface area contributed by atoms with E-state index >= 15 is 0 Å². The standard InChI is InChI=1S/C36H35N3.C36H24N2O2.C28H19N3.C11H6F2N.C11H8N.C6H5NO2.2Ir.3Pt/c1-35(2,3)28-23-29(36(4,5)6)25-32(24-28)39(30-15-11-13-26(21-30)33-17-7-9-19-37-33)31-16-12-14-27(22-31)34-18-8-10-20-38-34;39-33-17-9-7-15-27(33)31-21-29(23-11-3-1-4-12-23)25-19-20-26-30(24-13-5-2-6-14-24)22-32(38-36(26)35(25)37-31)28-16-8-10-18-34(28)40;1-4-12-22(13-5-1)25-18-10-20-27(29-25)31(24-16-8-3-9-17-24)28-21-11-19-26(30-28)23-14-6-2-7-15-23;12-8-4-5-9(10(13)7-8)11-3-1-2-6-14-11;1-2-6-10(7-3-1)11-8-4-5-9-12-11;8-6(9)5-3-1-2-4-7-5;;;;;/h7-20,23-25H,1-6H3;1-22,39-40H;1-12,14,16-21H;1-4,6-7H;1-6,8-9H;1-4H,(H,8,9);;;;;/q-2;;-2;2*-1;;;;;2*+2. The summed E-state index contributed by atoms with van der Waals surface area (Å²) >= 11 is 0. The Morgan fingerprint density at radius 1 is 0.313 bits per heavy atom. The van der Waals surface area contributed by atoms with Gasteiger partial charge >= 0.3 is 48.1 Å². The Labute approximate surface area is 943 Å². The molecule has 0 aliphatic carbocycles. The van der Waals surface area contributed by atoms with Crippen LogP contribution in [0.3, 0.4) is 0 Å². The summed E-state index contributed by atoms with van der Waals surface area (Å²) in [5, 5.41) is 31.7. The molecule has 752 valence electrons. The number of carboxylic acid groups (broad SMARTS) is 1. The molecule has 0 saturated heterocycles. The SMILES string of the molecule is CC(C)(C)c1cc(N(c2[c-]c(-c3ccccn3)ccc2)c2[c-]c(-c3ccccn3)ccc2)cc(C(C)(C)C)c1.Fc1c[c-]c(-c2ccccn2)c(F)c1.O=C(O)c1ccccn1.Oc1ccccc1-c1cc(-c2ccccc2)c2ccc3c(-c4ccccc4)cc(-c4ccccc4O)nc3c2n1.[Ir].[Ir].[Pt+2].[Pt+2].[Pt].[c-]1ccccc1-c1cccc(N(c2ccccc2)c2cccc(-c3[c-]cccc3)n2)n1.[c-]1ccccc1-c1ccccn1. The van der Waals surface area contributed by atoms with Gasteiger partial charge in [0.15, 0.2) is 0 Å². The molecule has 22 aromatic rings. The van der Waals surface area contributed by atoms with Crippen LogP contribution in [0.1, 0.15) is 63.2 Å². The fourth-order valence-corrected chi connectivity index (χ4v) is 16.1. The van der Waals surface area contributed by atoms with E-state index in [1.165, 1.54) is 23.4 Å². The van der Waals surface area contributed by atoms with Crippen molar-refractivity contribution in [2.45, 2.75) is 52.4 Å². The number of hydrogen-bond donors (Lipinski definition) is 3. The van der Waals surface area contributed by atoms with Crippen LogP contribution in [-0.4, -0.2) is 66.1 Å². The monoisotopic (exact) mass is 2860 g/mol. The van der Waals surface area contributed by atoms with Gasteiger partial charge in [0, 0.05) is 137 Å². The molecule has 150 heavy (non-hydrogen) atoms. The van der Waals surface area contributed by atoms with Crippen LogP contribution in [-0.2, 0) is 114 Å².